The van der Waals surface area contributed by atoms with Gasteiger partial charge in [0.15, 0.2) is 0 Å². The van der Waals surface area contributed by atoms with E-state index in [9.17, 15) is 0 Å². The van der Waals surface area contributed by atoms with Crippen molar-refractivity contribution in [1.29, 1.82) is 0 Å². The molecule has 19 heavy (non-hydrogen) atoms. The lowest BCUT2D eigenvalue weighted by Gasteiger charge is -2.43. The molecule has 1 unspecified atom stereocenters. The van der Waals surface area contributed by atoms with Gasteiger partial charge in [0, 0.05) is 18.6 Å². The van der Waals surface area contributed by atoms with Gasteiger partial charge in [-0.25, -0.2) is 0 Å². The predicted octanol–water partition coefficient (Wildman–Crippen LogP) is 3.67. The molecule has 1 saturated heterocycles. The first kappa shape index (κ1) is 15.3. The van der Waals surface area contributed by atoms with E-state index >= 15 is 0 Å². The molecule has 2 fully saturated rings. The fourth-order valence-electron chi connectivity index (χ4n) is 3.88. The molecule has 0 bridgehead atoms. The van der Waals surface area contributed by atoms with Crippen LogP contribution in [-0.4, -0.2) is 36.6 Å². The summed E-state index contributed by atoms with van der Waals surface area (Å²) >= 11 is 0. The van der Waals surface area contributed by atoms with E-state index in [0.29, 0.717) is 11.5 Å². The number of hydrogen-bond donors (Lipinski definition) is 1. The summed E-state index contributed by atoms with van der Waals surface area (Å²) in [6, 6.07) is 1.54. The highest BCUT2D eigenvalue weighted by Crippen LogP contribution is 2.37. The summed E-state index contributed by atoms with van der Waals surface area (Å²) in [5.74, 6) is 0.881. The van der Waals surface area contributed by atoms with Gasteiger partial charge >= 0.3 is 0 Å². The van der Waals surface area contributed by atoms with Crippen LogP contribution in [0.3, 0.4) is 0 Å². The van der Waals surface area contributed by atoms with E-state index in [-0.39, 0.29) is 0 Å². The largest absolute Gasteiger partial charge is 0.316 e. The normalized spacial score (nSPS) is 29.1. The Bertz CT molecular complexity index is 256. The van der Waals surface area contributed by atoms with Gasteiger partial charge in [0.05, 0.1) is 0 Å². The number of nitrogens with one attached hydrogen (secondary N) is 1. The summed E-state index contributed by atoms with van der Waals surface area (Å²) in [5.41, 5.74) is 0.589. The maximum atomic E-state index is 3.57. The van der Waals surface area contributed by atoms with Crippen LogP contribution in [0.4, 0.5) is 0 Å². The molecule has 2 aliphatic rings. The number of hydrogen-bond acceptors (Lipinski definition) is 2. The lowest BCUT2D eigenvalue weighted by atomic mass is 9.75. The lowest BCUT2D eigenvalue weighted by molar-refractivity contribution is 0.0644. The highest BCUT2D eigenvalue weighted by atomic mass is 15.2. The highest BCUT2D eigenvalue weighted by Gasteiger charge is 2.32. The smallest absolute Gasteiger partial charge is 0.00984 e. The second kappa shape index (κ2) is 6.58. The Morgan fingerprint density at radius 1 is 1.16 bits per heavy atom. The van der Waals surface area contributed by atoms with E-state index < -0.39 is 0 Å². The molecule has 1 N–H and O–H groups in total. The molecule has 0 aromatic rings. The summed E-state index contributed by atoms with van der Waals surface area (Å²) < 4.78 is 0. The van der Waals surface area contributed by atoms with Crippen molar-refractivity contribution in [2.24, 2.45) is 11.3 Å². The van der Waals surface area contributed by atoms with E-state index in [1.165, 1.54) is 58.2 Å². The fourth-order valence-corrected chi connectivity index (χ4v) is 3.88. The Labute approximate surface area is 120 Å². The fraction of sp³-hybridized carbons (Fsp3) is 1.00. The maximum absolute atomic E-state index is 3.57. The van der Waals surface area contributed by atoms with Crippen molar-refractivity contribution in [3.8, 4) is 0 Å². The third-order valence-electron chi connectivity index (χ3n) is 5.31. The van der Waals surface area contributed by atoms with E-state index in [1.807, 2.05) is 0 Å². The van der Waals surface area contributed by atoms with Crippen LogP contribution in [0.2, 0.25) is 0 Å². The van der Waals surface area contributed by atoms with Crippen LogP contribution in [-0.2, 0) is 0 Å². The molecule has 112 valence electrons. The summed E-state index contributed by atoms with van der Waals surface area (Å²) in [5, 5.41) is 3.57. The minimum atomic E-state index is 0.589. The van der Waals surface area contributed by atoms with Crippen molar-refractivity contribution in [1.82, 2.24) is 10.2 Å². The van der Waals surface area contributed by atoms with E-state index in [2.05, 4.69) is 37.9 Å². The molecule has 0 aromatic carbocycles. The monoisotopic (exact) mass is 266 g/mol. The van der Waals surface area contributed by atoms with Gasteiger partial charge < -0.3 is 5.32 Å². The molecule has 1 saturated carbocycles. The second-order valence-corrected chi connectivity index (χ2v) is 7.90. The molecule has 2 rings (SSSR count). The number of nitrogens with zero attached hydrogens (tertiary/aromatic N) is 1. The van der Waals surface area contributed by atoms with Crippen LogP contribution < -0.4 is 5.32 Å². The van der Waals surface area contributed by atoms with E-state index in [1.54, 1.807) is 0 Å². The topological polar surface area (TPSA) is 15.3 Å². The first-order valence-corrected chi connectivity index (χ1v) is 8.44. The maximum Gasteiger partial charge on any atom is 0.00984 e. The molecule has 1 atom stereocenters. The van der Waals surface area contributed by atoms with Gasteiger partial charge in [-0.15, -0.1) is 0 Å². The van der Waals surface area contributed by atoms with Crippen molar-refractivity contribution >= 4 is 0 Å². The SMILES string of the molecule is CC(C)N(CC1CCCNC1)C1CCC(C)(C)CC1. The zero-order valence-electron chi connectivity index (χ0n) is 13.5. The second-order valence-electron chi connectivity index (χ2n) is 7.90. The van der Waals surface area contributed by atoms with Crippen LogP contribution in [0.15, 0.2) is 0 Å². The highest BCUT2D eigenvalue weighted by molar-refractivity contribution is 4.86. The standard InChI is InChI=1S/C17H34N2/c1-14(2)19(13-15-6-5-11-18-12-15)16-7-9-17(3,4)10-8-16/h14-16,18H,5-13H2,1-4H3. The van der Waals surface area contributed by atoms with Gasteiger partial charge in [0.25, 0.3) is 0 Å². The van der Waals surface area contributed by atoms with Gasteiger partial charge in [-0.2, -0.15) is 0 Å². The third-order valence-corrected chi connectivity index (χ3v) is 5.31. The van der Waals surface area contributed by atoms with E-state index in [4.69, 9.17) is 0 Å². The molecular formula is C17H34N2. The molecule has 1 aliphatic heterocycles. The zero-order valence-corrected chi connectivity index (χ0v) is 13.5. The van der Waals surface area contributed by atoms with Crippen molar-refractivity contribution in [3.63, 3.8) is 0 Å². The third kappa shape index (κ3) is 4.46. The molecule has 0 spiro atoms. The Kier molecular flexibility index (Phi) is 5.30. The Hall–Kier alpha value is -0.0800. The zero-order chi connectivity index (χ0) is 13.9. The van der Waals surface area contributed by atoms with Crippen molar-refractivity contribution in [2.75, 3.05) is 19.6 Å². The Morgan fingerprint density at radius 2 is 1.84 bits per heavy atom. The molecule has 2 nitrogen and oxygen atoms in total. The molecule has 0 aromatic heterocycles. The van der Waals surface area contributed by atoms with Crippen LogP contribution in [0.5, 0.6) is 0 Å². The van der Waals surface area contributed by atoms with E-state index in [0.717, 1.165) is 12.0 Å². The molecule has 0 radical (unpaired) electrons. The minimum Gasteiger partial charge on any atom is -0.316 e. The van der Waals surface area contributed by atoms with Crippen molar-refractivity contribution in [2.45, 2.75) is 78.3 Å². The van der Waals surface area contributed by atoms with Gasteiger partial charge in [-0.3, -0.25) is 4.90 Å². The molecule has 1 aliphatic carbocycles. The Balaban J connectivity index is 1.88. The molecule has 2 heteroatoms. The minimum absolute atomic E-state index is 0.589. The van der Waals surface area contributed by atoms with Crippen molar-refractivity contribution < 1.29 is 0 Å². The van der Waals surface area contributed by atoms with Gasteiger partial charge in [-0.1, -0.05) is 13.8 Å². The predicted molar refractivity (Wildman–Crippen MR) is 83.5 cm³/mol. The molecular weight excluding hydrogens is 232 g/mol. The summed E-state index contributed by atoms with van der Waals surface area (Å²) in [6.45, 7) is 13.4. The summed E-state index contributed by atoms with van der Waals surface area (Å²) in [6.07, 6.45) is 8.42. The quantitative estimate of drug-likeness (QED) is 0.835. The van der Waals surface area contributed by atoms with Crippen LogP contribution in [0, 0.1) is 11.3 Å². The van der Waals surface area contributed by atoms with Crippen LogP contribution in [0.1, 0.15) is 66.2 Å². The summed E-state index contributed by atoms with van der Waals surface area (Å²) in [7, 11) is 0. The van der Waals surface area contributed by atoms with Crippen LogP contribution in [0.25, 0.3) is 0 Å². The van der Waals surface area contributed by atoms with Gasteiger partial charge in [-0.05, 0) is 76.8 Å². The van der Waals surface area contributed by atoms with Gasteiger partial charge in [0.1, 0.15) is 0 Å². The van der Waals surface area contributed by atoms with Crippen LogP contribution >= 0.6 is 0 Å². The summed E-state index contributed by atoms with van der Waals surface area (Å²) in [4.78, 5) is 2.81. The molecule has 1 heterocycles. The first-order valence-electron chi connectivity index (χ1n) is 8.44. The number of rotatable bonds is 4. The average Bonchev–Trinajstić information content (AvgIpc) is 2.37. The molecule has 0 amide bonds. The Morgan fingerprint density at radius 3 is 2.37 bits per heavy atom. The number of piperidine rings is 1. The average molecular weight is 266 g/mol. The van der Waals surface area contributed by atoms with Crippen molar-refractivity contribution in [3.05, 3.63) is 0 Å². The first-order chi connectivity index (χ1) is 8.98. The lowest BCUT2D eigenvalue weighted by Crippen LogP contribution is -2.48. The van der Waals surface area contributed by atoms with Gasteiger partial charge in [0.2, 0.25) is 0 Å².